The summed E-state index contributed by atoms with van der Waals surface area (Å²) in [5.74, 6) is 6.61. The van der Waals surface area contributed by atoms with Gasteiger partial charge in [0.05, 0.1) is 11.4 Å². The largest absolute Gasteiger partial charge is 0.320 e. The molecule has 0 saturated carbocycles. The van der Waals surface area contributed by atoms with E-state index in [1.807, 2.05) is 11.8 Å². The van der Waals surface area contributed by atoms with Gasteiger partial charge in [-0.3, -0.25) is 0 Å². The number of unbranched alkanes of at least 4 members (excludes halogenated alkanes) is 2. The van der Waals surface area contributed by atoms with Gasteiger partial charge in [-0.2, -0.15) is 11.8 Å². The Balaban J connectivity index is 2.66. The molecule has 0 heterocycles. The Morgan fingerprint density at radius 2 is 2.00 bits per heavy atom. The Bertz CT molecular complexity index is 589. The van der Waals surface area contributed by atoms with Crippen molar-refractivity contribution >= 4 is 21.8 Å². The summed E-state index contributed by atoms with van der Waals surface area (Å²) >= 11 is 1.81. The van der Waals surface area contributed by atoms with Crippen LogP contribution in [0.5, 0.6) is 0 Å². The SMILES string of the molecule is CSCCCCCNS(=O)(=O)c1ccccc1C#CCN. The second-order valence-corrected chi connectivity index (χ2v) is 7.17. The average molecular weight is 326 g/mol. The quantitative estimate of drug-likeness (QED) is 0.564. The second kappa shape index (κ2) is 9.85. The third-order valence-electron chi connectivity index (χ3n) is 2.82. The Kier molecular flexibility index (Phi) is 8.47. The highest BCUT2D eigenvalue weighted by molar-refractivity contribution is 7.98. The lowest BCUT2D eigenvalue weighted by atomic mass is 10.2. The zero-order valence-electron chi connectivity index (χ0n) is 12.3. The molecule has 0 aliphatic carbocycles. The summed E-state index contributed by atoms with van der Waals surface area (Å²) in [5.41, 5.74) is 5.82. The summed E-state index contributed by atoms with van der Waals surface area (Å²) in [6, 6.07) is 6.72. The average Bonchev–Trinajstić information content (AvgIpc) is 2.49. The van der Waals surface area contributed by atoms with E-state index in [2.05, 4.69) is 22.8 Å². The lowest BCUT2D eigenvalue weighted by Gasteiger charge is -2.08. The third-order valence-corrected chi connectivity index (χ3v) is 5.04. The summed E-state index contributed by atoms with van der Waals surface area (Å²) in [6.07, 6.45) is 5.05. The molecule has 0 radical (unpaired) electrons. The molecule has 0 saturated heterocycles. The first kappa shape index (κ1) is 18.1. The fourth-order valence-electron chi connectivity index (χ4n) is 1.78. The minimum absolute atomic E-state index is 0.206. The van der Waals surface area contributed by atoms with E-state index >= 15 is 0 Å². The van der Waals surface area contributed by atoms with E-state index in [9.17, 15) is 8.42 Å². The van der Waals surface area contributed by atoms with Gasteiger partial charge in [0, 0.05) is 12.1 Å². The highest BCUT2D eigenvalue weighted by Crippen LogP contribution is 2.14. The number of rotatable bonds is 8. The maximum atomic E-state index is 12.3. The molecule has 0 fully saturated rings. The lowest BCUT2D eigenvalue weighted by molar-refractivity contribution is 0.576. The minimum atomic E-state index is -3.51. The molecule has 0 aliphatic rings. The smallest absolute Gasteiger partial charge is 0.241 e. The van der Waals surface area contributed by atoms with Gasteiger partial charge in [-0.15, -0.1) is 0 Å². The number of hydrogen-bond acceptors (Lipinski definition) is 4. The van der Waals surface area contributed by atoms with Gasteiger partial charge in [-0.25, -0.2) is 13.1 Å². The number of nitrogens with one attached hydrogen (secondary N) is 1. The standard InChI is InChI=1S/C15H22N2O2S2/c1-20-13-6-2-5-12-17-21(18,19)15-10-4-3-8-14(15)9-7-11-16/h3-4,8,10,17H,2,5-6,11-13,16H2,1H3. The van der Waals surface area contributed by atoms with Crippen LogP contribution in [0.4, 0.5) is 0 Å². The van der Waals surface area contributed by atoms with Crippen LogP contribution in [0.25, 0.3) is 0 Å². The Hall–Kier alpha value is -1.00. The summed E-state index contributed by atoms with van der Waals surface area (Å²) in [6.45, 7) is 0.659. The monoisotopic (exact) mass is 326 g/mol. The Morgan fingerprint density at radius 3 is 2.71 bits per heavy atom. The van der Waals surface area contributed by atoms with Crippen LogP contribution in [-0.2, 0) is 10.0 Å². The van der Waals surface area contributed by atoms with Gasteiger partial charge in [0.1, 0.15) is 0 Å². The van der Waals surface area contributed by atoms with E-state index in [4.69, 9.17) is 5.73 Å². The van der Waals surface area contributed by atoms with Gasteiger partial charge in [0.25, 0.3) is 0 Å². The summed E-state index contributed by atoms with van der Waals surface area (Å²) in [5, 5.41) is 0. The maximum absolute atomic E-state index is 12.3. The fraction of sp³-hybridized carbons (Fsp3) is 0.467. The van der Waals surface area contributed by atoms with Gasteiger partial charge in [0.15, 0.2) is 0 Å². The molecule has 0 bridgehead atoms. The van der Waals surface area contributed by atoms with Crippen molar-refractivity contribution < 1.29 is 8.42 Å². The molecule has 116 valence electrons. The molecule has 0 aromatic heterocycles. The van der Waals surface area contributed by atoms with Crippen molar-refractivity contribution in [1.82, 2.24) is 4.72 Å². The Morgan fingerprint density at radius 1 is 1.24 bits per heavy atom. The van der Waals surface area contributed by atoms with Crippen LogP contribution >= 0.6 is 11.8 Å². The van der Waals surface area contributed by atoms with E-state index in [1.165, 1.54) is 0 Å². The van der Waals surface area contributed by atoms with Crippen LogP contribution < -0.4 is 10.5 Å². The molecule has 0 amide bonds. The van der Waals surface area contributed by atoms with Crippen LogP contribution in [-0.4, -0.2) is 33.5 Å². The number of hydrogen-bond donors (Lipinski definition) is 2. The van der Waals surface area contributed by atoms with Gasteiger partial charge in [0.2, 0.25) is 10.0 Å². The highest BCUT2D eigenvalue weighted by atomic mass is 32.2. The predicted octanol–water partition coefficient (Wildman–Crippen LogP) is 1.81. The van der Waals surface area contributed by atoms with Gasteiger partial charge in [-0.05, 0) is 37.0 Å². The first-order valence-corrected chi connectivity index (χ1v) is 9.76. The molecular formula is C15H22N2O2S2. The molecule has 1 rings (SSSR count). The molecule has 1 aromatic rings. The number of sulfonamides is 1. The number of benzene rings is 1. The summed E-state index contributed by atoms with van der Waals surface area (Å²) < 4.78 is 27.2. The molecule has 6 heteroatoms. The van der Waals surface area contributed by atoms with Crippen LogP contribution in [0.15, 0.2) is 29.2 Å². The molecule has 0 spiro atoms. The van der Waals surface area contributed by atoms with Gasteiger partial charge >= 0.3 is 0 Å². The predicted molar refractivity (Wildman–Crippen MR) is 89.8 cm³/mol. The van der Waals surface area contributed by atoms with Gasteiger partial charge < -0.3 is 5.73 Å². The second-order valence-electron chi connectivity index (χ2n) is 4.45. The molecule has 0 aliphatic heterocycles. The van der Waals surface area contributed by atoms with Crippen LogP contribution in [0.1, 0.15) is 24.8 Å². The van der Waals surface area contributed by atoms with E-state index in [0.717, 1.165) is 25.0 Å². The number of thioether (sulfide) groups is 1. The van der Waals surface area contributed by atoms with Gasteiger partial charge in [-0.1, -0.05) is 30.4 Å². The van der Waals surface area contributed by atoms with Crippen LogP contribution in [0, 0.1) is 11.8 Å². The van der Waals surface area contributed by atoms with Crippen molar-refractivity contribution in [3.05, 3.63) is 29.8 Å². The fourth-order valence-corrected chi connectivity index (χ4v) is 3.51. The van der Waals surface area contributed by atoms with Crippen LogP contribution in [0.3, 0.4) is 0 Å². The van der Waals surface area contributed by atoms with E-state index in [0.29, 0.717) is 12.1 Å². The van der Waals surface area contributed by atoms with Crippen molar-refractivity contribution in [1.29, 1.82) is 0 Å². The lowest BCUT2D eigenvalue weighted by Crippen LogP contribution is -2.25. The zero-order chi connectivity index (χ0) is 15.6. The molecular weight excluding hydrogens is 304 g/mol. The molecule has 21 heavy (non-hydrogen) atoms. The first-order valence-electron chi connectivity index (χ1n) is 6.88. The highest BCUT2D eigenvalue weighted by Gasteiger charge is 2.16. The molecule has 3 N–H and O–H groups in total. The van der Waals surface area contributed by atoms with E-state index in [-0.39, 0.29) is 11.4 Å². The first-order chi connectivity index (χ1) is 10.1. The topological polar surface area (TPSA) is 72.2 Å². The normalized spacial score (nSPS) is 11.0. The summed E-state index contributed by atoms with van der Waals surface area (Å²) in [4.78, 5) is 0.218. The Labute approximate surface area is 131 Å². The van der Waals surface area contributed by atoms with Crippen molar-refractivity contribution in [2.45, 2.75) is 24.2 Å². The maximum Gasteiger partial charge on any atom is 0.241 e. The van der Waals surface area contributed by atoms with Crippen molar-refractivity contribution in [3.8, 4) is 11.8 Å². The van der Waals surface area contributed by atoms with Crippen LogP contribution in [0.2, 0.25) is 0 Å². The van der Waals surface area contributed by atoms with Crippen molar-refractivity contribution in [2.75, 3.05) is 25.1 Å². The molecule has 0 atom stereocenters. The van der Waals surface area contributed by atoms with Crippen molar-refractivity contribution in [3.63, 3.8) is 0 Å². The van der Waals surface area contributed by atoms with E-state index < -0.39 is 10.0 Å². The molecule has 4 nitrogen and oxygen atoms in total. The van der Waals surface area contributed by atoms with E-state index in [1.54, 1.807) is 24.3 Å². The third kappa shape index (κ3) is 6.53. The summed E-state index contributed by atoms with van der Waals surface area (Å²) in [7, 11) is -3.51. The zero-order valence-corrected chi connectivity index (χ0v) is 13.9. The number of nitrogens with two attached hydrogens (primary N) is 1. The molecule has 0 unspecified atom stereocenters. The minimum Gasteiger partial charge on any atom is -0.320 e. The van der Waals surface area contributed by atoms with Crippen molar-refractivity contribution in [2.24, 2.45) is 5.73 Å². The molecule has 1 aromatic carbocycles.